The van der Waals surface area contributed by atoms with E-state index in [1.54, 1.807) is 0 Å². The van der Waals surface area contributed by atoms with Gasteiger partial charge in [0.05, 0.1) is 0 Å². The van der Waals surface area contributed by atoms with E-state index in [4.69, 9.17) is 5.73 Å². The number of carbonyl (C=O) groups is 2. The molecule has 1 aliphatic carbocycles. The lowest BCUT2D eigenvalue weighted by Gasteiger charge is -2.31. The van der Waals surface area contributed by atoms with Gasteiger partial charge in [0.1, 0.15) is 0 Å². The van der Waals surface area contributed by atoms with E-state index in [-0.39, 0.29) is 23.9 Å². The van der Waals surface area contributed by atoms with Gasteiger partial charge in [-0.1, -0.05) is 0 Å². The van der Waals surface area contributed by atoms with Crippen LogP contribution in [-0.2, 0) is 9.59 Å². The fourth-order valence-electron chi connectivity index (χ4n) is 2.36. The zero-order valence-corrected chi connectivity index (χ0v) is 8.24. The molecule has 0 spiro atoms. The summed E-state index contributed by atoms with van der Waals surface area (Å²) in [5.74, 6) is 0.0194. The van der Waals surface area contributed by atoms with E-state index in [0.29, 0.717) is 12.8 Å². The van der Waals surface area contributed by atoms with Crippen molar-refractivity contribution in [1.82, 2.24) is 4.90 Å². The molecular formula is C10H16N2O2. The number of rotatable bonds is 1. The van der Waals surface area contributed by atoms with Crippen LogP contribution in [0.5, 0.6) is 0 Å². The summed E-state index contributed by atoms with van der Waals surface area (Å²) >= 11 is 0. The third-order valence-electron chi connectivity index (χ3n) is 3.20. The van der Waals surface area contributed by atoms with Crippen LogP contribution in [0.4, 0.5) is 0 Å². The van der Waals surface area contributed by atoms with Crippen LogP contribution in [0.15, 0.2) is 0 Å². The largest absolute Gasteiger partial charge is 0.328 e. The summed E-state index contributed by atoms with van der Waals surface area (Å²) in [5, 5.41) is 0. The summed E-state index contributed by atoms with van der Waals surface area (Å²) in [6.07, 6.45) is 4.45. The molecule has 2 amide bonds. The average Bonchev–Trinajstić information content (AvgIpc) is 2.49. The lowest BCUT2D eigenvalue weighted by atomic mass is 9.91. The number of carbonyl (C=O) groups excluding carboxylic acids is 2. The van der Waals surface area contributed by atoms with Gasteiger partial charge in [0.15, 0.2) is 0 Å². The Bertz CT molecular complexity index is 241. The average molecular weight is 196 g/mol. The molecule has 0 aromatic rings. The van der Waals surface area contributed by atoms with Gasteiger partial charge in [-0.25, -0.2) is 0 Å². The highest BCUT2D eigenvalue weighted by Crippen LogP contribution is 2.26. The Kier molecular flexibility index (Phi) is 2.54. The maximum atomic E-state index is 11.4. The molecule has 4 nitrogen and oxygen atoms in total. The van der Waals surface area contributed by atoms with E-state index in [2.05, 4.69) is 0 Å². The van der Waals surface area contributed by atoms with Crippen molar-refractivity contribution in [2.75, 3.05) is 0 Å². The lowest BCUT2D eigenvalue weighted by molar-refractivity contribution is -0.141. The van der Waals surface area contributed by atoms with Crippen molar-refractivity contribution in [1.29, 1.82) is 0 Å². The van der Waals surface area contributed by atoms with Gasteiger partial charge in [0.25, 0.3) is 0 Å². The second-order valence-corrected chi connectivity index (χ2v) is 4.23. The number of nitrogens with zero attached hydrogens (tertiary/aromatic N) is 1. The molecule has 4 heteroatoms. The van der Waals surface area contributed by atoms with Crippen LogP contribution in [0.2, 0.25) is 0 Å². The van der Waals surface area contributed by atoms with Gasteiger partial charge < -0.3 is 5.73 Å². The van der Waals surface area contributed by atoms with Crippen LogP contribution < -0.4 is 5.73 Å². The molecular weight excluding hydrogens is 180 g/mol. The molecule has 0 radical (unpaired) electrons. The van der Waals surface area contributed by atoms with E-state index in [1.165, 1.54) is 4.90 Å². The topological polar surface area (TPSA) is 63.4 Å². The van der Waals surface area contributed by atoms with E-state index in [9.17, 15) is 9.59 Å². The van der Waals surface area contributed by atoms with Crippen LogP contribution in [0.3, 0.4) is 0 Å². The summed E-state index contributed by atoms with van der Waals surface area (Å²) in [7, 11) is 0. The Morgan fingerprint density at radius 2 is 1.50 bits per heavy atom. The highest BCUT2D eigenvalue weighted by Gasteiger charge is 2.36. The number of nitrogens with two attached hydrogens (primary N) is 1. The quantitative estimate of drug-likeness (QED) is 0.618. The fourth-order valence-corrected chi connectivity index (χ4v) is 2.36. The van der Waals surface area contributed by atoms with E-state index in [1.807, 2.05) is 0 Å². The van der Waals surface area contributed by atoms with Gasteiger partial charge >= 0.3 is 0 Å². The van der Waals surface area contributed by atoms with Gasteiger partial charge in [-0.3, -0.25) is 14.5 Å². The summed E-state index contributed by atoms with van der Waals surface area (Å²) in [6, 6.07) is 0.399. The first-order valence-electron chi connectivity index (χ1n) is 5.29. The van der Waals surface area contributed by atoms with Crippen LogP contribution in [0.25, 0.3) is 0 Å². The van der Waals surface area contributed by atoms with Crippen LogP contribution >= 0.6 is 0 Å². The Morgan fingerprint density at radius 3 is 2.00 bits per heavy atom. The van der Waals surface area contributed by atoms with Gasteiger partial charge in [-0.15, -0.1) is 0 Å². The Hall–Kier alpha value is -0.900. The van der Waals surface area contributed by atoms with Crippen molar-refractivity contribution in [3.05, 3.63) is 0 Å². The smallest absolute Gasteiger partial charge is 0.229 e. The second kappa shape index (κ2) is 3.69. The van der Waals surface area contributed by atoms with Crippen molar-refractivity contribution < 1.29 is 9.59 Å². The normalized spacial score (nSPS) is 33.9. The van der Waals surface area contributed by atoms with Crippen molar-refractivity contribution in [3.63, 3.8) is 0 Å². The van der Waals surface area contributed by atoms with Crippen molar-refractivity contribution in [3.8, 4) is 0 Å². The third kappa shape index (κ3) is 1.66. The molecule has 2 fully saturated rings. The maximum Gasteiger partial charge on any atom is 0.229 e. The molecule has 0 atom stereocenters. The van der Waals surface area contributed by atoms with E-state index < -0.39 is 0 Å². The van der Waals surface area contributed by atoms with E-state index in [0.717, 1.165) is 25.7 Å². The minimum absolute atomic E-state index is 0.00970. The summed E-state index contributed by atoms with van der Waals surface area (Å²) in [4.78, 5) is 24.4. The maximum absolute atomic E-state index is 11.4. The second-order valence-electron chi connectivity index (χ2n) is 4.23. The zero-order chi connectivity index (χ0) is 10.1. The number of amides is 2. The van der Waals surface area contributed by atoms with Crippen molar-refractivity contribution in [2.24, 2.45) is 5.73 Å². The molecule has 1 heterocycles. The van der Waals surface area contributed by atoms with Gasteiger partial charge in [-0.2, -0.15) is 0 Å². The fraction of sp³-hybridized carbons (Fsp3) is 0.800. The first-order chi connectivity index (χ1) is 6.68. The summed E-state index contributed by atoms with van der Waals surface area (Å²) in [6.45, 7) is 0. The Morgan fingerprint density at radius 1 is 1.00 bits per heavy atom. The molecule has 2 aliphatic rings. The predicted molar refractivity (Wildman–Crippen MR) is 51.3 cm³/mol. The molecule has 0 bridgehead atoms. The summed E-state index contributed by atoms with van der Waals surface area (Å²) < 4.78 is 0. The van der Waals surface area contributed by atoms with Gasteiger partial charge in [0.2, 0.25) is 11.8 Å². The molecule has 14 heavy (non-hydrogen) atoms. The molecule has 1 saturated heterocycles. The molecule has 1 saturated carbocycles. The number of hydrogen-bond acceptors (Lipinski definition) is 3. The first kappa shape index (κ1) is 9.65. The SMILES string of the molecule is NC1CCC(N2C(=O)CCC2=O)CC1. The Labute approximate surface area is 83.4 Å². The molecule has 1 aliphatic heterocycles. The summed E-state index contributed by atoms with van der Waals surface area (Å²) in [5.41, 5.74) is 5.78. The molecule has 2 N–H and O–H groups in total. The molecule has 0 aromatic carbocycles. The minimum Gasteiger partial charge on any atom is -0.328 e. The Balaban J connectivity index is 2.00. The van der Waals surface area contributed by atoms with Gasteiger partial charge in [-0.05, 0) is 25.7 Å². The highest BCUT2D eigenvalue weighted by atomic mass is 16.2. The number of likely N-dealkylation sites (tertiary alicyclic amines) is 1. The number of imide groups is 1. The van der Waals surface area contributed by atoms with Crippen molar-refractivity contribution in [2.45, 2.75) is 50.6 Å². The third-order valence-corrected chi connectivity index (χ3v) is 3.20. The lowest BCUT2D eigenvalue weighted by Crippen LogP contribution is -2.43. The van der Waals surface area contributed by atoms with Gasteiger partial charge in [0, 0.05) is 24.9 Å². The highest BCUT2D eigenvalue weighted by molar-refractivity contribution is 6.02. The predicted octanol–water partition coefficient (Wildman–Crippen LogP) is 0.405. The number of hydrogen-bond donors (Lipinski definition) is 1. The van der Waals surface area contributed by atoms with Crippen molar-refractivity contribution >= 4 is 11.8 Å². The van der Waals surface area contributed by atoms with E-state index >= 15 is 0 Å². The molecule has 0 aromatic heterocycles. The first-order valence-corrected chi connectivity index (χ1v) is 5.29. The van der Waals surface area contributed by atoms with Crippen LogP contribution in [0, 0.1) is 0 Å². The molecule has 0 unspecified atom stereocenters. The zero-order valence-electron chi connectivity index (χ0n) is 8.24. The monoisotopic (exact) mass is 196 g/mol. The molecule has 78 valence electrons. The standard InChI is InChI=1S/C10H16N2O2/c11-7-1-3-8(4-2-7)12-9(13)5-6-10(12)14/h7-8H,1-6,11H2. The van der Waals surface area contributed by atoms with Crippen LogP contribution in [0.1, 0.15) is 38.5 Å². The molecule has 2 rings (SSSR count). The minimum atomic E-state index is 0.00970. The van der Waals surface area contributed by atoms with Crippen LogP contribution in [-0.4, -0.2) is 28.8 Å².